The second-order valence-electron chi connectivity index (χ2n) is 3.55. The van der Waals surface area contributed by atoms with Crippen LogP contribution in [0.1, 0.15) is 22.3 Å². The Bertz CT molecular complexity index is 366. The predicted molar refractivity (Wildman–Crippen MR) is 68.2 cm³/mol. The van der Waals surface area contributed by atoms with Gasteiger partial charge in [0.15, 0.2) is 0 Å². The number of thioether (sulfide) groups is 1. The lowest BCUT2D eigenvalue weighted by molar-refractivity contribution is 0.0952. The molecule has 0 fully saturated rings. The van der Waals surface area contributed by atoms with E-state index in [-0.39, 0.29) is 11.7 Å². The molecular formula is C12H17NO2S. The van der Waals surface area contributed by atoms with E-state index in [1.807, 2.05) is 6.26 Å². The number of hydrogen-bond acceptors (Lipinski definition) is 3. The van der Waals surface area contributed by atoms with Crippen LogP contribution in [0.4, 0.5) is 0 Å². The first-order valence-corrected chi connectivity index (χ1v) is 6.62. The number of carbonyl (C=O) groups excluding carboxylic acids is 1. The van der Waals surface area contributed by atoms with Crippen LogP contribution in [-0.2, 0) is 0 Å². The van der Waals surface area contributed by atoms with Crippen LogP contribution in [-0.4, -0.2) is 29.6 Å². The summed E-state index contributed by atoms with van der Waals surface area (Å²) < 4.78 is 0. The van der Waals surface area contributed by atoms with Crippen LogP contribution in [0.5, 0.6) is 5.75 Å². The molecule has 0 aliphatic heterocycles. The standard InChI is InChI=1S/C12H17NO2S/c1-9-10(5-3-6-11(9)14)12(15)13-7-4-8-16-2/h3,5-6,14H,4,7-8H2,1-2H3,(H,13,15). The molecule has 3 nitrogen and oxygen atoms in total. The molecule has 16 heavy (non-hydrogen) atoms. The van der Waals surface area contributed by atoms with E-state index in [9.17, 15) is 9.90 Å². The van der Waals surface area contributed by atoms with Crippen molar-refractivity contribution in [3.8, 4) is 5.75 Å². The van der Waals surface area contributed by atoms with E-state index in [2.05, 4.69) is 5.32 Å². The topological polar surface area (TPSA) is 49.3 Å². The molecule has 0 saturated heterocycles. The van der Waals surface area contributed by atoms with Crippen molar-refractivity contribution >= 4 is 17.7 Å². The summed E-state index contributed by atoms with van der Waals surface area (Å²) >= 11 is 1.76. The van der Waals surface area contributed by atoms with E-state index in [4.69, 9.17) is 0 Å². The predicted octanol–water partition coefficient (Wildman–Crippen LogP) is 2.18. The third kappa shape index (κ3) is 3.45. The summed E-state index contributed by atoms with van der Waals surface area (Å²) in [6.07, 6.45) is 3.01. The van der Waals surface area contributed by atoms with E-state index >= 15 is 0 Å². The molecule has 88 valence electrons. The number of benzene rings is 1. The summed E-state index contributed by atoms with van der Waals surface area (Å²) in [5.41, 5.74) is 1.18. The number of phenols is 1. The number of rotatable bonds is 5. The Hall–Kier alpha value is -1.16. The number of hydrogen-bond donors (Lipinski definition) is 2. The average molecular weight is 239 g/mol. The fraction of sp³-hybridized carbons (Fsp3) is 0.417. The molecule has 0 bridgehead atoms. The van der Waals surface area contributed by atoms with E-state index in [0.717, 1.165) is 12.2 Å². The Kier molecular flexibility index (Phi) is 5.19. The molecule has 2 N–H and O–H groups in total. The van der Waals surface area contributed by atoms with Crippen LogP contribution in [0.25, 0.3) is 0 Å². The Morgan fingerprint density at radius 3 is 2.94 bits per heavy atom. The first-order chi connectivity index (χ1) is 7.66. The van der Waals surface area contributed by atoms with Gasteiger partial charge in [0.1, 0.15) is 5.75 Å². The van der Waals surface area contributed by atoms with Crippen molar-refractivity contribution in [2.24, 2.45) is 0 Å². The third-order valence-corrected chi connectivity index (χ3v) is 3.06. The summed E-state index contributed by atoms with van der Waals surface area (Å²) in [5.74, 6) is 1.09. The minimum atomic E-state index is -0.116. The van der Waals surface area contributed by atoms with E-state index in [1.54, 1.807) is 36.9 Å². The molecule has 0 radical (unpaired) electrons. The molecule has 1 aromatic carbocycles. The first kappa shape index (κ1) is 12.9. The number of nitrogens with one attached hydrogen (secondary N) is 1. The number of amides is 1. The van der Waals surface area contributed by atoms with Gasteiger partial charge in [-0.05, 0) is 37.5 Å². The van der Waals surface area contributed by atoms with Gasteiger partial charge in [-0.1, -0.05) is 6.07 Å². The maximum Gasteiger partial charge on any atom is 0.251 e. The van der Waals surface area contributed by atoms with Crippen molar-refractivity contribution in [1.29, 1.82) is 0 Å². The molecule has 0 saturated carbocycles. The SMILES string of the molecule is CSCCCNC(=O)c1cccc(O)c1C. The Morgan fingerprint density at radius 1 is 1.50 bits per heavy atom. The molecule has 0 spiro atoms. The minimum absolute atomic E-state index is 0.116. The molecule has 0 unspecified atom stereocenters. The monoisotopic (exact) mass is 239 g/mol. The summed E-state index contributed by atoms with van der Waals surface area (Å²) in [6.45, 7) is 2.42. The van der Waals surface area contributed by atoms with E-state index in [1.165, 1.54) is 0 Å². The molecule has 1 aromatic rings. The summed E-state index contributed by atoms with van der Waals surface area (Å²) in [6, 6.07) is 4.98. The van der Waals surface area contributed by atoms with Gasteiger partial charge < -0.3 is 10.4 Å². The summed E-state index contributed by atoms with van der Waals surface area (Å²) in [4.78, 5) is 11.8. The van der Waals surface area contributed by atoms with E-state index < -0.39 is 0 Å². The van der Waals surface area contributed by atoms with Gasteiger partial charge in [-0.15, -0.1) is 0 Å². The van der Waals surface area contributed by atoms with E-state index in [0.29, 0.717) is 17.7 Å². The number of carbonyl (C=O) groups is 1. The van der Waals surface area contributed by atoms with Crippen molar-refractivity contribution in [1.82, 2.24) is 5.32 Å². The van der Waals surface area contributed by atoms with Crippen LogP contribution >= 0.6 is 11.8 Å². The van der Waals surface area contributed by atoms with Gasteiger partial charge in [-0.3, -0.25) is 4.79 Å². The van der Waals surface area contributed by atoms with Gasteiger partial charge in [-0.2, -0.15) is 11.8 Å². The molecule has 0 aromatic heterocycles. The average Bonchev–Trinajstić information content (AvgIpc) is 2.28. The lowest BCUT2D eigenvalue weighted by atomic mass is 10.1. The van der Waals surface area contributed by atoms with Crippen LogP contribution < -0.4 is 5.32 Å². The quantitative estimate of drug-likeness (QED) is 0.774. The van der Waals surface area contributed by atoms with Crippen molar-refractivity contribution in [2.75, 3.05) is 18.6 Å². The molecule has 0 aliphatic carbocycles. The second kappa shape index (κ2) is 6.43. The third-order valence-electron chi connectivity index (χ3n) is 2.36. The Balaban J connectivity index is 2.56. The molecule has 1 amide bonds. The molecule has 0 heterocycles. The highest BCUT2D eigenvalue weighted by atomic mass is 32.2. The fourth-order valence-corrected chi connectivity index (χ4v) is 1.82. The molecule has 0 atom stereocenters. The van der Waals surface area contributed by atoms with Crippen LogP contribution in [0, 0.1) is 6.92 Å². The molecular weight excluding hydrogens is 222 g/mol. The molecule has 0 aliphatic rings. The van der Waals surface area contributed by atoms with Gasteiger partial charge in [0.05, 0.1) is 0 Å². The maximum absolute atomic E-state index is 11.8. The minimum Gasteiger partial charge on any atom is -0.508 e. The lowest BCUT2D eigenvalue weighted by Gasteiger charge is -2.08. The summed E-state index contributed by atoms with van der Waals surface area (Å²) in [7, 11) is 0. The zero-order valence-electron chi connectivity index (χ0n) is 9.62. The maximum atomic E-state index is 11.8. The van der Waals surface area contributed by atoms with Crippen molar-refractivity contribution in [2.45, 2.75) is 13.3 Å². The van der Waals surface area contributed by atoms with Gasteiger partial charge in [0.2, 0.25) is 0 Å². The number of phenolic OH excluding ortho intramolecular Hbond substituents is 1. The van der Waals surface area contributed by atoms with Crippen molar-refractivity contribution in [3.05, 3.63) is 29.3 Å². The van der Waals surface area contributed by atoms with Gasteiger partial charge in [0.25, 0.3) is 5.91 Å². The van der Waals surface area contributed by atoms with Gasteiger partial charge in [-0.25, -0.2) is 0 Å². The lowest BCUT2D eigenvalue weighted by Crippen LogP contribution is -2.25. The van der Waals surface area contributed by atoms with Crippen LogP contribution in [0.3, 0.4) is 0 Å². The van der Waals surface area contributed by atoms with Crippen LogP contribution in [0.15, 0.2) is 18.2 Å². The molecule has 1 rings (SSSR count). The smallest absolute Gasteiger partial charge is 0.251 e. The Labute approximate surface area is 100 Å². The summed E-state index contributed by atoms with van der Waals surface area (Å²) in [5, 5.41) is 12.3. The second-order valence-corrected chi connectivity index (χ2v) is 4.54. The zero-order valence-corrected chi connectivity index (χ0v) is 10.4. The normalized spacial score (nSPS) is 10.1. The fourth-order valence-electron chi connectivity index (χ4n) is 1.38. The van der Waals surface area contributed by atoms with Crippen molar-refractivity contribution in [3.63, 3.8) is 0 Å². The zero-order chi connectivity index (χ0) is 12.0. The highest BCUT2D eigenvalue weighted by Gasteiger charge is 2.10. The van der Waals surface area contributed by atoms with Gasteiger partial charge >= 0.3 is 0 Å². The first-order valence-electron chi connectivity index (χ1n) is 5.22. The Morgan fingerprint density at radius 2 is 2.25 bits per heavy atom. The molecule has 4 heteroatoms. The highest BCUT2D eigenvalue weighted by molar-refractivity contribution is 7.98. The van der Waals surface area contributed by atoms with Gasteiger partial charge in [0, 0.05) is 17.7 Å². The van der Waals surface area contributed by atoms with Crippen molar-refractivity contribution < 1.29 is 9.90 Å². The number of aromatic hydroxyl groups is 1. The highest BCUT2D eigenvalue weighted by Crippen LogP contribution is 2.19. The largest absolute Gasteiger partial charge is 0.508 e. The van der Waals surface area contributed by atoms with Crippen LogP contribution in [0.2, 0.25) is 0 Å².